The van der Waals surface area contributed by atoms with Gasteiger partial charge in [0, 0.05) is 6.20 Å². The van der Waals surface area contributed by atoms with Crippen LogP contribution in [-0.2, 0) is 11.2 Å². The van der Waals surface area contributed by atoms with Crippen molar-refractivity contribution in [3.05, 3.63) is 29.3 Å². The summed E-state index contributed by atoms with van der Waals surface area (Å²) in [6.45, 7) is 1.53. The molecule has 0 fully saturated rings. The number of carboxylic acid groups (broad SMARTS) is 1. The molecule has 0 saturated heterocycles. The van der Waals surface area contributed by atoms with Gasteiger partial charge in [0.15, 0.2) is 0 Å². The van der Waals surface area contributed by atoms with Crippen LogP contribution in [0, 0.1) is 12.7 Å². The van der Waals surface area contributed by atoms with Crippen molar-refractivity contribution in [3.63, 3.8) is 0 Å². The van der Waals surface area contributed by atoms with Crippen molar-refractivity contribution in [1.82, 2.24) is 4.98 Å². The number of hydrogen-bond donors (Lipinski definition) is 1. The second-order valence-corrected chi connectivity index (χ2v) is 2.48. The van der Waals surface area contributed by atoms with Gasteiger partial charge >= 0.3 is 5.97 Å². The molecule has 0 radical (unpaired) electrons. The topological polar surface area (TPSA) is 50.2 Å². The van der Waals surface area contributed by atoms with Crippen molar-refractivity contribution in [1.29, 1.82) is 0 Å². The highest BCUT2D eigenvalue weighted by molar-refractivity contribution is 5.69. The van der Waals surface area contributed by atoms with E-state index in [2.05, 4.69) is 4.98 Å². The number of halogens is 1. The number of nitrogens with zero attached hydrogens (tertiary/aromatic N) is 1. The summed E-state index contributed by atoms with van der Waals surface area (Å²) >= 11 is 0. The van der Waals surface area contributed by atoms with Crippen LogP contribution in [0.5, 0.6) is 0 Å². The van der Waals surface area contributed by atoms with Gasteiger partial charge in [-0.15, -0.1) is 0 Å². The number of aryl methyl sites for hydroxylation is 1. The molecule has 1 heterocycles. The Morgan fingerprint density at radius 2 is 2.42 bits per heavy atom. The first-order valence-corrected chi connectivity index (χ1v) is 3.42. The van der Waals surface area contributed by atoms with Crippen LogP contribution in [0.25, 0.3) is 0 Å². The van der Waals surface area contributed by atoms with Gasteiger partial charge in [0.25, 0.3) is 0 Å². The molecule has 0 aromatic carbocycles. The Morgan fingerprint density at radius 3 is 2.92 bits per heavy atom. The maximum atomic E-state index is 12.8. The Bertz CT molecular complexity index is 312. The predicted octanol–water partition coefficient (Wildman–Crippen LogP) is 1.16. The molecule has 4 heteroatoms. The van der Waals surface area contributed by atoms with E-state index in [4.69, 9.17) is 5.11 Å². The summed E-state index contributed by atoms with van der Waals surface area (Å²) in [5, 5.41) is 8.38. The zero-order chi connectivity index (χ0) is 9.14. The molecule has 64 valence electrons. The van der Waals surface area contributed by atoms with Crippen molar-refractivity contribution >= 4 is 5.97 Å². The monoisotopic (exact) mass is 169 g/mol. The van der Waals surface area contributed by atoms with E-state index in [1.807, 2.05) is 0 Å². The molecule has 0 bridgehead atoms. The average Bonchev–Trinajstić information content (AvgIpc) is 1.96. The molecule has 0 amide bonds. The van der Waals surface area contributed by atoms with Crippen molar-refractivity contribution in [3.8, 4) is 0 Å². The van der Waals surface area contributed by atoms with Crippen LogP contribution in [0.3, 0.4) is 0 Å². The van der Waals surface area contributed by atoms with Crippen LogP contribution >= 0.6 is 0 Å². The predicted molar refractivity (Wildman–Crippen MR) is 40.3 cm³/mol. The fourth-order valence-corrected chi connectivity index (χ4v) is 0.817. The lowest BCUT2D eigenvalue weighted by Crippen LogP contribution is -2.01. The van der Waals surface area contributed by atoms with E-state index in [1.165, 1.54) is 19.2 Å². The Hall–Kier alpha value is -1.45. The van der Waals surface area contributed by atoms with Gasteiger partial charge in [-0.3, -0.25) is 9.78 Å². The van der Waals surface area contributed by atoms with Crippen molar-refractivity contribution in [2.24, 2.45) is 0 Å². The van der Waals surface area contributed by atoms with Crippen LogP contribution < -0.4 is 0 Å². The van der Waals surface area contributed by atoms with E-state index >= 15 is 0 Å². The Morgan fingerprint density at radius 1 is 1.75 bits per heavy atom. The summed E-state index contributed by atoms with van der Waals surface area (Å²) in [5.74, 6) is -1.45. The second-order valence-electron chi connectivity index (χ2n) is 2.48. The van der Waals surface area contributed by atoms with Crippen LogP contribution in [-0.4, -0.2) is 16.1 Å². The molecule has 3 nitrogen and oxygen atoms in total. The normalized spacial score (nSPS) is 9.83. The summed E-state index contributed by atoms with van der Waals surface area (Å²) < 4.78 is 12.8. The number of rotatable bonds is 2. The lowest BCUT2D eigenvalue weighted by atomic mass is 10.2. The van der Waals surface area contributed by atoms with Gasteiger partial charge in [-0.25, -0.2) is 4.39 Å². The minimum Gasteiger partial charge on any atom is -0.481 e. The van der Waals surface area contributed by atoms with Crippen molar-refractivity contribution < 1.29 is 14.3 Å². The van der Waals surface area contributed by atoms with Crippen LogP contribution in [0.2, 0.25) is 0 Å². The lowest BCUT2D eigenvalue weighted by Gasteiger charge is -1.98. The van der Waals surface area contributed by atoms with Crippen LogP contribution in [0.4, 0.5) is 4.39 Å². The Balaban J connectivity index is 2.89. The summed E-state index contributed by atoms with van der Waals surface area (Å²) in [6, 6.07) is 1.19. The number of hydrogen-bond acceptors (Lipinski definition) is 2. The van der Waals surface area contributed by atoms with Gasteiger partial charge in [-0.05, 0) is 18.6 Å². The number of carbonyl (C=O) groups is 1. The standard InChI is InChI=1S/C8H8FNO2/c1-5-7(9)2-6(4-10-5)3-8(11)12/h2,4H,3H2,1H3,(H,11,12). The summed E-state index contributed by atoms with van der Waals surface area (Å²) in [7, 11) is 0. The van der Waals surface area contributed by atoms with E-state index in [0.29, 0.717) is 5.56 Å². The van der Waals surface area contributed by atoms with Crippen molar-refractivity contribution in [2.75, 3.05) is 0 Å². The Kier molecular flexibility index (Phi) is 2.38. The molecule has 0 atom stereocenters. The van der Waals surface area contributed by atoms with Crippen LogP contribution in [0.1, 0.15) is 11.3 Å². The van der Waals surface area contributed by atoms with E-state index in [-0.39, 0.29) is 12.1 Å². The molecule has 1 aromatic heterocycles. The third-order valence-corrected chi connectivity index (χ3v) is 1.44. The van der Waals surface area contributed by atoms with E-state index in [9.17, 15) is 9.18 Å². The highest BCUT2D eigenvalue weighted by Gasteiger charge is 2.03. The summed E-state index contributed by atoms with van der Waals surface area (Å²) in [5.41, 5.74) is 0.662. The quantitative estimate of drug-likeness (QED) is 0.722. The first kappa shape index (κ1) is 8.64. The maximum absolute atomic E-state index is 12.8. The van der Waals surface area contributed by atoms with Gasteiger partial charge in [-0.2, -0.15) is 0 Å². The minimum atomic E-state index is -0.986. The third-order valence-electron chi connectivity index (χ3n) is 1.44. The molecule has 0 spiro atoms. The van der Waals surface area contributed by atoms with Crippen molar-refractivity contribution in [2.45, 2.75) is 13.3 Å². The fourth-order valence-electron chi connectivity index (χ4n) is 0.817. The number of pyridine rings is 1. The van der Waals surface area contributed by atoms with E-state index in [0.717, 1.165) is 0 Å². The molecule has 0 aliphatic rings. The highest BCUT2D eigenvalue weighted by Crippen LogP contribution is 2.06. The summed E-state index contributed by atoms with van der Waals surface area (Å²) in [4.78, 5) is 13.9. The molecular formula is C8H8FNO2. The molecule has 0 saturated carbocycles. The number of aromatic nitrogens is 1. The van der Waals surface area contributed by atoms with Crippen LogP contribution in [0.15, 0.2) is 12.3 Å². The number of aliphatic carboxylic acids is 1. The summed E-state index contributed by atoms with van der Waals surface area (Å²) in [6.07, 6.45) is 1.18. The molecule has 0 unspecified atom stereocenters. The van der Waals surface area contributed by atoms with Gasteiger partial charge in [0.2, 0.25) is 0 Å². The second kappa shape index (κ2) is 3.30. The zero-order valence-corrected chi connectivity index (χ0v) is 6.54. The lowest BCUT2D eigenvalue weighted by molar-refractivity contribution is -0.136. The van der Waals surface area contributed by atoms with Gasteiger partial charge in [0.05, 0.1) is 12.1 Å². The largest absolute Gasteiger partial charge is 0.481 e. The Labute approximate surface area is 68.9 Å². The van der Waals surface area contributed by atoms with E-state index < -0.39 is 11.8 Å². The first-order valence-electron chi connectivity index (χ1n) is 3.42. The number of carboxylic acids is 1. The fraction of sp³-hybridized carbons (Fsp3) is 0.250. The zero-order valence-electron chi connectivity index (χ0n) is 6.54. The minimum absolute atomic E-state index is 0.190. The average molecular weight is 169 g/mol. The molecular weight excluding hydrogens is 161 g/mol. The third kappa shape index (κ3) is 2.02. The smallest absolute Gasteiger partial charge is 0.307 e. The first-order chi connectivity index (χ1) is 5.59. The van der Waals surface area contributed by atoms with Gasteiger partial charge in [-0.1, -0.05) is 0 Å². The highest BCUT2D eigenvalue weighted by atomic mass is 19.1. The SMILES string of the molecule is Cc1ncc(CC(=O)O)cc1F. The van der Waals surface area contributed by atoms with Gasteiger partial charge in [0.1, 0.15) is 5.82 Å². The molecule has 1 aromatic rings. The molecule has 1 rings (SSSR count). The molecule has 0 aliphatic heterocycles. The van der Waals surface area contributed by atoms with E-state index in [1.54, 1.807) is 0 Å². The molecule has 12 heavy (non-hydrogen) atoms. The molecule has 0 aliphatic carbocycles. The molecule has 1 N–H and O–H groups in total. The maximum Gasteiger partial charge on any atom is 0.307 e. The van der Waals surface area contributed by atoms with Gasteiger partial charge < -0.3 is 5.11 Å².